The first kappa shape index (κ1) is 22.8. The highest BCUT2D eigenvalue weighted by Crippen LogP contribution is 2.25. The van der Waals surface area contributed by atoms with E-state index < -0.39 is 0 Å². The van der Waals surface area contributed by atoms with Crippen molar-refractivity contribution in [3.8, 4) is 11.6 Å². The molecule has 1 aliphatic rings. The second-order valence-corrected chi connectivity index (χ2v) is 9.47. The molecule has 1 unspecified atom stereocenters. The standard InChI is InChI=1S/C21H33N5O3S/c1-15(2)11-25-7-9-28-17(13-25)10-22-19(27)14-30-21-24-23-20(18-6-5-8-29-18)26(21)12-16(3)4/h5-6,8,15-17H,7,9-14H2,1-4H3,(H,22,27). The predicted molar refractivity (Wildman–Crippen MR) is 117 cm³/mol. The number of nitrogens with one attached hydrogen (secondary N) is 1. The zero-order chi connectivity index (χ0) is 21.5. The molecule has 0 radical (unpaired) electrons. The van der Waals surface area contributed by atoms with E-state index in [0.717, 1.165) is 37.9 Å². The Labute approximate surface area is 182 Å². The van der Waals surface area contributed by atoms with Crippen LogP contribution in [0.4, 0.5) is 0 Å². The number of aromatic nitrogens is 3. The Bertz CT molecular complexity index is 791. The molecule has 3 heterocycles. The van der Waals surface area contributed by atoms with Crippen LogP contribution >= 0.6 is 11.8 Å². The van der Waals surface area contributed by atoms with Crippen LogP contribution in [0.5, 0.6) is 0 Å². The van der Waals surface area contributed by atoms with Crippen LogP contribution < -0.4 is 5.32 Å². The molecule has 1 saturated heterocycles. The molecule has 1 fully saturated rings. The summed E-state index contributed by atoms with van der Waals surface area (Å²) >= 11 is 1.40. The molecule has 0 saturated carbocycles. The molecule has 0 bridgehead atoms. The van der Waals surface area contributed by atoms with E-state index in [0.29, 0.717) is 30.0 Å². The first-order valence-electron chi connectivity index (χ1n) is 10.6. The van der Waals surface area contributed by atoms with Gasteiger partial charge in [0, 0.05) is 32.7 Å². The van der Waals surface area contributed by atoms with Crippen LogP contribution in [0.2, 0.25) is 0 Å². The molecule has 1 atom stereocenters. The lowest BCUT2D eigenvalue weighted by Crippen LogP contribution is -2.48. The number of carbonyl (C=O) groups is 1. The Morgan fingerprint density at radius 3 is 2.77 bits per heavy atom. The highest BCUT2D eigenvalue weighted by atomic mass is 32.2. The smallest absolute Gasteiger partial charge is 0.230 e. The van der Waals surface area contributed by atoms with Crippen LogP contribution in [0, 0.1) is 11.8 Å². The predicted octanol–water partition coefficient (Wildman–Crippen LogP) is 2.76. The number of rotatable bonds is 10. The fraction of sp³-hybridized carbons (Fsp3) is 0.667. The minimum absolute atomic E-state index is 0.0248. The van der Waals surface area contributed by atoms with Gasteiger partial charge >= 0.3 is 0 Å². The number of carbonyl (C=O) groups excluding carboxylic acids is 1. The summed E-state index contributed by atoms with van der Waals surface area (Å²) in [6.45, 7) is 13.6. The first-order valence-corrected chi connectivity index (χ1v) is 11.6. The minimum Gasteiger partial charge on any atom is -0.461 e. The summed E-state index contributed by atoms with van der Waals surface area (Å²) in [5, 5.41) is 12.3. The van der Waals surface area contributed by atoms with E-state index in [1.165, 1.54) is 11.8 Å². The molecule has 9 heteroatoms. The third-order valence-corrected chi connectivity index (χ3v) is 5.68. The monoisotopic (exact) mass is 435 g/mol. The largest absolute Gasteiger partial charge is 0.461 e. The van der Waals surface area contributed by atoms with Gasteiger partial charge in [0.15, 0.2) is 16.7 Å². The molecule has 0 aromatic carbocycles. The minimum atomic E-state index is -0.0248. The van der Waals surface area contributed by atoms with Gasteiger partial charge in [-0.1, -0.05) is 39.5 Å². The van der Waals surface area contributed by atoms with E-state index in [9.17, 15) is 4.79 Å². The van der Waals surface area contributed by atoms with Crippen LogP contribution in [-0.2, 0) is 16.1 Å². The number of ether oxygens (including phenoxy) is 1. The normalized spacial score (nSPS) is 17.7. The van der Waals surface area contributed by atoms with Crippen molar-refractivity contribution in [1.82, 2.24) is 25.0 Å². The van der Waals surface area contributed by atoms with Gasteiger partial charge in [-0.25, -0.2) is 0 Å². The van der Waals surface area contributed by atoms with E-state index in [4.69, 9.17) is 9.15 Å². The summed E-state index contributed by atoms with van der Waals surface area (Å²) in [5.41, 5.74) is 0. The lowest BCUT2D eigenvalue weighted by molar-refractivity contribution is -0.119. The topological polar surface area (TPSA) is 85.4 Å². The molecular weight excluding hydrogens is 402 g/mol. The lowest BCUT2D eigenvalue weighted by Gasteiger charge is -2.33. The van der Waals surface area contributed by atoms with Gasteiger partial charge in [0.1, 0.15) is 0 Å². The van der Waals surface area contributed by atoms with E-state index in [2.05, 4.69) is 48.1 Å². The number of hydrogen-bond acceptors (Lipinski definition) is 7. The van der Waals surface area contributed by atoms with Crippen LogP contribution in [-0.4, -0.2) is 70.2 Å². The summed E-state index contributed by atoms with van der Waals surface area (Å²) in [7, 11) is 0. The molecule has 2 aromatic rings. The number of hydrogen-bond donors (Lipinski definition) is 1. The highest BCUT2D eigenvalue weighted by molar-refractivity contribution is 7.99. The van der Waals surface area contributed by atoms with E-state index >= 15 is 0 Å². The van der Waals surface area contributed by atoms with Crippen molar-refractivity contribution in [2.24, 2.45) is 11.8 Å². The number of thioether (sulfide) groups is 1. The van der Waals surface area contributed by atoms with Crippen molar-refractivity contribution in [3.05, 3.63) is 18.4 Å². The molecule has 1 amide bonds. The molecule has 3 rings (SSSR count). The SMILES string of the molecule is CC(C)CN1CCOC(CNC(=O)CSc2nnc(-c3ccco3)n2CC(C)C)C1. The van der Waals surface area contributed by atoms with Crippen molar-refractivity contribution in [1.29, 1.82) is 0 Å². The third-order valence-electron chi connectivity index (χ3n) is 4.71. The van der Waals surface area contributed by atoms with Gasteiger partial charge in [0.2, 0.25) is 5.91 Å². The number of furan rings is 1. The van der Waals surface area contributed by atoms with Gasteiger partial charge in [-0.3, -0.25) is 14.3 Å². The summed E-state index contributed by atoms with van der Waals surface area (Å²) in [4.78, 5) is 14.8. The van der Waals surface area contributed by atoms with E-state index in [1.807, 2.05) is 16.7 Å². The van der Waals surface area contributed by atoms with Crippen LogP contribution in [0.25, 0.3) is 11.6 Å². The summed E-state index contributed by atoms with van der Waals surface area (Å²) in [6.07, 6.45) is 1.67. The zero-order valence-electron chi connectivity index (χ0n) is 18.3. The first-order chi connectivity index (χ1) is 14.4. The van der Waals surface area contributed by atoms with Crippen LogP contribution in [0.15, 0.2) is 28.0 Å². The second-order valence-electron chi connectivity index (χ2n) is 8.53. The average Bonchev–Trinajstić information content (AvgIpc) is 3.34. The van der Waals surface area contributed by atoms with Gasteiger partial charge in [-0.15, -0.1) is 10.2 Å². The van der Waals surface area contributed by atoms with Crippen LogP contribution in [0.3, 0.4) is 0 Å². The molecular formula is C21H33N5O3S. The van der Waals surface area contributed by atoms with E-state index in [1.54, 1.807) is 6.26 Å². The van der Waals surface area contributed by atoms with Crippen molar-refractivity contribution < 1.29 is 13.9 Å². The Balaban J connectivity index is 1.51. The summed E-state index contributed by atoms with van der Waals surface area (Å²) < 4.78 is 13.3. The Morgan fingerprint density at radius 2 is 2.07 bits per heavy atom. The van der Waals surface area contributed by atoms with Gasteiger partial charge in [0.05, 0.1) is 24.7 Å². The van der Waals surface area contributed by atoms with Gasteiger partial charge < -0.3 is 14.5 Å². The number of nitrogens with zero attached hydrogens (tertiary/aromatic N) is 4. The molecule has 1 N–H and O–H groups in total. The maximum absolute atomic E-state index is 12.4. The molecule has 30 heavy (non-hydrogen) atoms. The highest BCUT2D eigenvalue weighted by Gasteiger charge is 2.22. The molecule has 2 aromatic heterocycles. The van der Waals surface area contributed by atoms with Gasteiger partial charge in [-0.05, 0) is 24.0 Å². The average molecular weight is 436 g/mol. The van der Waals surface area contributed by atoms with Crippen molar-refractivity contribution in [3.63, 3.8) is 0 Å². The Kier molecular flexibility index (Phi) is 8.35. The summed E-state index contributed by atoms with van der Waals surface area (Å²) in [6, 6.07) is 3.70. The van der Waals surface area contributed by atoms with Crippen molar-refractivity contribution >= 4 is 17.7 Å². The molecule has 0 spiro atoms. The number of morpholine rings is 1. The number of amides is 1. The molecule has 1 aliphatic heterocycles. The zero-order valence-corrected chi connectivity index (χ0v) is 19.2. The Morgan fingerprint density at radius 1 is 1.27 bits per heavy atom. The second kappa shape index (κ2) is 11.0. The summed E-state index contributed by atoms with van der Waals surface area (Å²) in [5.74, 6) is 2.68. The Hall–Kier alpha value is -1.84. The lowest BCUT2D eigenvalue weighted by atomic mass is 10.2. The van der Waals surface area contributed by atoms with Crippen molar-refractivity contribution in [2.75, 3.05) is 38.5 Å². The van der Waals surface area contributed by atoms with E-state index in [-0.39, 0.29) is 17.8 Å². The molecule has 0 aliphatic carbocycles. The maximum Gasteiger partial charge on any atom is 0.230 e. The van der Waals surface area contributed by atoms with Gasteiger partial charge in [-0.2, -0.15) is 0 Å². The fourth-order valence-corrected chi connectivity index (χ4v) is 4.29. The molecule has 166 valence electrons. The third kappa shape index (κ3) is 6.58. The maximum atomic E-state index is 12.4. The molecule has 8 nitrogen and oxygen atoms in total. The van der Waals surface area contributed by atoms with Gasteiger partial charge in [0.25, 0.3) is 0 Å². The quantitative estimate of drug-likeness (QED) is 0.574. The fourth-order valence-electron chi connectivity index (χ4n) is 3.51. The van der Waals surface area contributed by atoms with Crippen molar-refractivity contribution in [2.45, 2.75) is 45.5 Å². The van der Waals surface area contributed by atoms with Crippen LogP contribution in [0.1, 0.15) is 27.7 Å².